The molecule has 1 rings (SSSR count). The van der Waals surface area contributed by atoms with Gasteiger partial charge in [0.05, 0.1) is 0 Å². The summed E-state index contributed by atoms with van der Waals surface area (Å²) in [5, 5.41) is 0. The van der Waals surface area contributed by atoms with E-state index < -0.39 is 0 Å². The molecule has 2 nitrogen and oxygen atoms in total. The predicted octanol–water partition coefficient (Wildman–Crippen LogP) is 5.53. The van der Waals surface area contributed by atoms with Crippen LogP contribution in [0, 0.1) is 16.7 Å². The van der Waals surface area contributed by atoms with Crippen molar-refractivity contribution in [2.24, 2.45) is 16.7 Å². The third-order valence-electron chi connectivity index (χ3n) is 5.86. The molecule has 1 aliphatic rings. The Kier molecular flexibility index (Phi) is 6.40. The Morgan fingerprint density at radius 2 is 1.74 bits per heavy atom. The average Bonchev–Trinajstić information content (AvgIpc) is 2.41. The molecule has 1 fully saturated rings. The average molecular weight is 321 g/mol. The van der Waals surface area contributed by atoms with Gasteiger partial charge in [0.1, 0.15) is 0 Å². The van der Waals surface area contributed by atoms with Gasteiger partial charge in [-0.2, -0.15) is 0 Å². The van der Waals surface area contributed by atoms with E-state index in [0.717, 1.165) is 13.0 Å². The topological polar surface area (TPSA) is 6.48 Å². The molecule has 2 heteroatoms. The van der Waals surface area contributed by atoms with E-state index >= 15 is 0 Å². The number of hydrogen-bond donors (Lipinski definition) is 0. The summed E-state index contributed by atoms with van der Waals surface area (Å²) in [5.41, 5.74) is 3.15. The summed E-state index contributed by atoms with van der Waals surface area (Å²) in [6.45, 7) is 23.5. The zero-order valence-electron chi connectivity index (χ0n) is 17.0. The van der Waals surface area contributed by atoms with Gasteiger partial charge in [-0.05, 0) is 49.4 Å². The highest BCUT2D eigenvalue weighted by Crippen LogP contribution is 2.48. The third-order valence-corrected chi connectivity index (χ3v) is 5.86. The maximum atomic E-state index is 4.34. The molecule has 1 aliphatic carbocycles. The van der Waals surface area contributed by atoms with E-state index in [2.05, 4.69) is 78.6 Å². The smallest absolute Gasteiger partial charge is 0.0294 e. The molecule has 134 valence electrons. The maximum Gasteiger partial charge on any atom is 0.0294 e. The first-order valence-corrected chi connectivity index (χ1v) is 9.19. The summed E-state index contributed by atoms with van der Waals surface area (Å²) in [5.74, 6) is 0.564. The van der Waals surface area contributed by atoms with Crippen molar-refractivity contribution in [1.82, 2.24) is 9.80 Å². The van der Waals surface area contributed by atoms with E-state index in [0.29, 0.717) is 22.8 Å². The van der Waals surface area contributed by atoms with Gasteiger partial charge < -0.3 is 9.80 Å². The Labute approximate surface area is 145 Å². The summed E-state index contributed by atoms with van der Waals surface area (Å²) in [6.07, 6.45) is 4.92. The molecular formula is C21H40N2. The van der Waals surface area contributed by atoms with Gasteiger partial charge in [0, 0.05) is 38.1 Å². The van der Waals surface area contributed by atoms with E-state index in [-0.39, 0.29) is 0 Å². The minimum Gasteiger partial charge on any atom is -0.378 e. The Hall–Kier alpha value is -0.920. The van der Waals surface area contributed by atoms with Crippen LogP contribution in [0.1, 0.15) is 67.2 Å². The summed E-state index contributed by atoms with van der Waals surface area (Å²) in [6, 6.07) is 0.589. The van der Waals surface area contributed by atoms with Crippen LogP contribution in [0.2, 0.25) is 0 Å². The molecule has 0 bridgehead atoms. The minimum atomic E-state index is 0.321. The van der Waals surface area contributed by atoms with Gasteiger partial charge in [-0.25, -0.2) is 0 Å². The molecule has 2 unspecified atom stereocenters. The van der Waals surface area contributed by atoms with Gasteiger partial charge in [0.2, 0.25) is 0 Å². The molecule has 0 radical (unpaired) electrons. The zero-order valence-corrected chi connectivity index (χ0v) is 17.0. The molecule has 0 saturated heterocycles. The molecule has 23 heavy (non-hydrogen) atoms. The SMILES string of the molecule is C=C([C@H](C)CC)N(C)CC1(C)CC(N(C)C(=C)C)CC(C)(C)C1. The first-order chi connectivity index (χ1) is 10.4. The lowest BCUT2D eigenvalue weighted by molar-refractivity contribution is 0.0209. The lowest BCUT2D eigenvalue weighted by atomic mass is 9.62. The van der Waals surface area contributed by atoms with Crippen molar-refractivity contribution in [2.75, 3.05) is 20.6 Å². The summed E-state index contributed by atoms with van der Waals surface area (Å²) in [7, 11) is 4.43. The highest BCUT2D eigenvalue weighted by Gasteiger charge is 2.43. The molecule has 0 aliphatic heterocycles. The third kappa shape index (κ3) is 5.29. The van der Waals surface area contributed by atoms with Crippen molar-refractivity contribution < 1.29 is 0 Å². The monoisotopic (exact) mass is 320 g/mol. The number of hydrogen-bond acceptors (Lipinski definition) is 2. The largest absolute Gasteiger partial charge is 0.378 e. The van der Waals surface area contributed by atoms with E-state index in [9.17, 15) is 0 Å². The molecule has 1 saturated carbocycles. The Bertz CT molecular complexity index is 437. The molecule has 0 aromatic rings. The molecule has 0 aromatic carbocycles. The van der Waals surface area contributed by atoms with Crippen molar-refractivity contribution in [3.63, 3.8) is 0 Å². The molecule has 3 atom stereocenters. The van der Waals surface area contributed by atoms with Crippen molar-refractivity contribution in [2.45, 2.75) is 73.3 Å². The van der Waals surface area contributed by atoms with E-state index in [4.69, 9.17) is 0 Å². The van der Waals surface area contributed by atoms with Gasteiger partial charge in [-0.3, -0.25) is 0 Å². The van der Waals surface area contributed by atoms with Crippen molar-refractivity contribution in [3.05, 3.63) is 24.6 Å². The summed E-state index contributed by atoms with van der Waals surface area (Å²) >= 11 is 0. The Morgan fingerprint density at radius 3 is 2.22 bits per heavy atom. The zero-order chi connectivity index (χ0) is 18.0. The van der Waals surface area contributed by atoms with Gasteiger partial charge >= 0.3 is 0 Å². The van der Waals surface area contributed by atoms with Gasteiger partial charge in [-0.15, -0.1) is 0 Å². The van der Waals surface area contributed by atoms with Crippen LogP contribution in [0.3, 0.4) is 0 Å². The highest BCUT2D eigenvalue weighted by molar-refractivity contribution is 5.04. The van der Waals surface area contributed by atoms with Crippen molar-refractivity contribution in [1.29, 1.82) is 0 Å². The standard InChI is InChI=1S/C21H40N2/c1-11-17(4)18(5)22(9)15-21(8)13-19(23(10)16(2)3)12-20(6,7)14-21/h17,19H,2,5,11-15H2,1,3-4,6-10H3/t17-,19?,21?/m1/s1. The molecule has 0 N–H and O–H groups in total. The first-order valence-electron chi connectivity index (χ1n) is 9.19. The van der Waals surface area contributed by atoms with Gasteiger partial charge in [0.15, 0.2) is 0 Å². The molecule has 0 amide bonds. The van der Waals surface area contributed by atoms with Crippen LogP contribution in [-0.4, -0.2) is 36.5 Å². The van der Waals surface area contributed by atoms with E-state index in [1.54, 1.807) is 0 Å². The quantitative estimate of drug-likeness (QED) is 0.608. The lowest BCUT2D eigenvalue weighted by Crippen LogP contribution is -2.48. The van der Waals surface area contributed by atoms with Crippen LogP contribution in [-0.2, 0) is 0 Å². The van der Waals surface area contributed by atoms with Crippen LogP contribution in [0.15, 0.2) is 24.6 Å². The molecular weight excluding hydrogens is 280 g/mol. The second-order valence-corrected chi connectivity index (χ2v) is 9.22. The highest BCUT2D eigenvalue weighted by atomic mass is 15.2. The first kappa shape index (κ1) is 20.1. The fraction of sp³-hybridized carbons (Fsp3) is 0.810. The molecule has 0 aromatic heterocycles. The minimum absolute atomic E-state index is 0.321. The number of nitrogens with zero attached hydrogens (tertiary/aromatic N) is 2. The van der Waals surface area contributed by atoms with Crippen LogP contribution < -0.4 is 0 Å². The van der Waals surface area contributed by atoms with E-state index in [1.807, 2.05) is 0 Å². The summed E-state index contributed by atoms with van der Waals surface area (Å²) < 4.78 is 0. The Morgan fingerprint density at radius 1 is 1.17 bits per heavy atom. The second kappa shape index (κ2) is 7.32. The van der Waals surface area contributed by atoms with Gasteiger partial charge in [-0.1, -0.05) is 47.8 Å². The molecule has 0 spiro atoms. The van der Waals surface area contributed by atoms with Crippen LogP contribution in [0.4, 0.5) is 0 Å². The van der Waals surface area contributed by atoms with Crippen molar-refractivity contribution in [3.8, 4) is 0 Å². The normalized spacial score (nSPS) is 28.1. The predicted molar refractivity (Wildman–Crippen MR) is 103 cm³/mol. The lowest BCUT2D eigenvalue weighted by Gasteiger charge is -2.51. The van der Waals surface area contributed by atoms with Crippen LogP contribution in [0.25, 0.3) is 0 Å². The van der Waals surface area contributed by atoms with Crippen LogP contribution in [0.5, 0.6) is 0 Å². The molecule has 0 heterocycles. The number of allylic oxidation sites excluding steroid dienone is 2. The van der Waals surface area contributed by atoms with Crippen molar-refractivity contribution >= 4 is 0 Å². The fourth-order valence-electron chi connectivity index (χ4n) is 4.57. The fourth-order valence-corrected chi connectivity index (χ4v) is 4.57. The summed E-state index contributed by atoms with van der Waals surface area (Å²) in [4.78, 5) is 4.80. The number of rotatable bonds is 7. The second-order valence-electron chi connectivity index (χ2n) is 9.22. The maximum absolute atomic E-state index is 4.34. The van der Waals surface area contributed by atoms with E-state index in [1.165, 1.54) is 30.7 Å². The van der Waals surface area contributed by atoms with Gasteiger partial charge in [0.25, 0.3) is 0 Å². The van der Waals surface area contributed by atoms with Crippen LogP contribution >= 0.6 is 0 Å². The Balaban J connectivity index is 2.90.